The van der Waals surface area contributed by atoms with Gasteiger partial charge in [-0.1, -0.05) is 55.4 Å². The van der Waals surface area contributed by atoms with Gasteiger partial charge in [0.1, 0.15) is 0 Å². The second kappa shape index (κ2) is 7.72. The van der Waals surface area contributed by atoms with Gasteiger partial charge < -0.3 is 10.8 Å². The summed E-state index contributed by atoms with van der Waals surface area (Å²) in [5.74, 6) is 0.0679. The summed E-state index contributed by atoms with van der Waals surface area (Å²) >= 11 is 5.26. The molecule has 3 nitrogen and oxygen atoms in total. The third-order valence-electron chi connectivity index (χ3n) is 4.17. The monoisotopic (exact) mass is 292 g/mol. The lowest BCUT2D eigenvalue weighted by Gasteiger charge is -2.32. The van der Waals surface area contributed by atoms with Crippen molar-refractivity contribution in [3.05, 3.63) is 35.9 Å². The van der Waals surface area contributed by atoms with Crippen molar-refractivity contribution < 1.29 is 5.11 Å². The molecule has 1 aliphatic rings. The highest BCUT2D eigenvalue weighted by Gasteiger charge is 2.25. The van der Waals surface area contributed by atoms with E-state index in [4.69, 9.17) is 18.0 Å². The lowest BCUT2D eigenvalue weighted by atomic mass is 9.97. The molecular formula is C16H24N2OS. The van der Waals surface area contributed by atoms with Crippen LogP contribution >= 0.6 is 12.2 Å². The Morgan fingerprint density at radius 3 is 2.70 bits per heavy atom. The molecule has 3 N–H and O–H groups in total. The highest BCUT2D eigenvalue weighted by Crippen LogP contribution is 2.23. The average molecular weight is 292 g/mol. The quantitative estimate of drug-likeness (QED) is 0.818. The van der Waals surface area contributed by atoms with Crippen molar-refractivity contribution in [1.29, 1.82) is 0 Å². The maximum absolute atomic E-state index is 9.60. The predicted molar refractivity (Wildman–Crippen MR) is 86.9 cm³/mol. The molecule has 0 bridgehead atoms. The standard InChI is InChI=1S/C16H24N2OS/c17-16(20)15(13-7-3-1-4-8-13)11-18-10-6-2-5-9-14(18)12-19/h1,3-4,7-8,14-15,19H,2,5-6,9-12H2,(H2,17,20). The van der Waals surface area contributed by atoms with Crippen LogP contribution in [0.4, 0.5) is 0 Å². The minimum Gasteiger partial charge on any atom is -0.395 e. The summed E-state index contributed by atoms with van der Waals surface area (Å²) in [6.07, 6.45) is 4.70. The molecule has 4 heteroatoms. The first-order valence-electron chi connectivity index (χ1n) is 7.41. The molecular weight excluding hydrogens is 268 g/mol. The molecule has 2 rings (SSSR count). The SMILES string of the molecule is NC(=S)C(CN1CCCCCC1CO)c1ccccc1. The average Bonchev–Trinajstić information content (AvgIpc) is 2.70. The minimum atomic E-state index is 0.0679. The second-order valence-electron chi connectivity index (χ2n) is 5.55. The van der Waals surface area contributed by atoms with Crippen LogP contribution in [0.5, 0.6) is 0 Å². The van der Waals surface area contributed by atoms with E-state index in [1.807, 2.05) is 18.2 Å². The minimum absolute atomic E-state index is 0.0679. The summed E-state index contributed by atoms with van der Waals surface area (Å²) in [4.78, 5) is 2.90. The van der Waals surface area contributed by atoms with Crippen molar-refractivity contribution in [3.8, 4) is 0 Å². The molecule has 0 aromatic heterocycles. The van der Waals surface area contributed by atoms with Crippen LogP contribution in [0.1, 0.15) is 37.2 Å². The molecule has 0 aliphatic carbocycles. The molecule has 1 aliphatic heterocycles. The van der Waals surface area contributed by atoms with Crippen LogP contribution in [0.2, 0.25) is 0 Å². The van der Waals surface area contributed by atoms with E-state index < -0.39 is 0 Å². The number of hydrogen-bond acceptors (Lipinski definition) is 3. The molecule has 0 spiro atoms. The van der Waals surface area contributed by atoms with E-state index in [9.17, 15) is 5.11 Å². The Kier molecular flexibility index (Phi) is 5.95. The van der Waals surface area contributed by atoms with Crippen LogP contribution in [0.3, 0.4) is 0 Å². The van der Waals surface area contributed by atoms with E-state index in [1.165, 1.54) is 24.8 Å². The Bertz CT molecular complexity index is 424. The van der Waals surface area contributed by atoms with Crippen molar-refractivity contribution in [2.45, 2.75) is 37.6 Å². The van der Waals surface area contributed by atoms with Gasteiger partial charge in [-0.05, 0) is 24.9 Å². The fraction of sp³-hybridized carbons (Fsp3) is 0.562. The maximum Gasteiger partial charge on any atom is 0.0816 e. The first-order chi connectivity index (χ1) is 9.72. The number of rotatable bonds is 5. The van der Waals surface area contributed by atoms with E-state index in [1.54, 1.807) is 0 Å². The molecule has 1 fully saturated rings. The largest absolute Gasteiger partial charge is 0.395 e. The molecule has 20 heavy (non-hydrogen) atoms. The fourth-order valence-electron chi connectivity index (χ4n) is 2.96. The van der Waals surface area contributed by atoms with Gasteiger partial charge in [0, 0.05) is 18.5 Å². The number of hydrogen-bond donors (Lipinski definition) is 2. The zero-order chi connectivity index (χ0) is 14.4. The van der Waals surface area contributed by atoms with Crippen LogP contribution in [-0.4, -0.2) is 40.7 Å². The van der Waals surface area contributed by atoms with Crippen LogP contribution in [0.15, 0.2) is 30.3 Å². The number of aliphatic hydroxyl groups is 1. The summed E-state index contributed by atoms with van der Waals surface area (Å²) in [5.41, 5.74) is 7.12. The lowest BCUT2D eigenvalue weighted by Crippen LogP contribution is -2.42. The number of aliphatic hydroxyl groups excluding tert-OH is 1. The van der Waals surface area contributed by atoms with Crippen LogP contribution in [-0.2, 0) is 0 Å². The lowest BCUT2D eigenvalue weighted by molar-refractivity contribution is 0.123. The zero-order valence-electron chi connectivity index (χ0n) is 11.9. The first kappa shape index (κ1) is 15.4. The molecule has 1 aromatic rings. The normalized spacial score (nSPS) is 22.1. The molecule has 0 saturated carbocycles. The molecule has 2 atom stereocenters. The number of nitrogens with zero attached hydrogens (tertiary/aromatic N) is 1. The van der Waals surface area contributed by atoms with Gasteiger partial charge in [-0.3, -0.25) is 4.90 Å². The molecule has 1 aromatic carbocycles. The van der Waals surface area contributed by atoms with Crippen molar-refractivity contribution >= 4 is 17.2 Å². The second-order valence-corrected chi connectivity index (χ2v) is 6.02. The van der Waals surface area contributed by atoms with Crippen molar-refractivity contribution in [1.82, 2.24) is 4.90 Å². The molecule has 2 unspecified atom stereocenters. The summed E-state index contributed by atoms with van der Waals surface area (Å²) < 4.78 is 0. The van der Waals surface area contributed by atoms with Gasteiger partial charge in [0.2, 0.25) is 0 Å². The first-order valence-corrected chi connectivity index (χ1v) is 7.82. The van der Waals surface area contributed by atoms with Gasteiger partial charge in [0.15, 0.2) is 0 Å². The van der Waals surface area contributed by atoms with Gasteiger partial charge >= 0.3 is 0 Å². The van der Waals surface area contributed by atoms with Crippen molar-refractivity contribution in [2.75, 3.05) is 19.7 Å². The Balaban J connectivity index is 2.12. The number of nitrogens with two attached hydrogens (primary N) is 1. The maximum atomic E-state index is 9.60. The molecule has 0 radical (unpaired) electrons. The Morgan fingerprint density at radius 2 is 2.05 bits per heavy atom. The van der Waals surface area contributed by atoms with E-state index in [2.05, 4.69) is 17.0 Å². The van der Waals surface area contributed by atoms with Gasteiger partial charge in [0.25, 0.3) is 0 Å². The third-order valence-corrected chi connectivity index (χ3v) is 4.46. The van der Waals surface area contributed by atoms with Gasteiger partial charge in [-0.15, -0.1) is 0 Å². The van der Waals surface area contributed by atoms with Crippen molar-refractivity contribution in [3.63, 3.8) is 0 Å². The molecule has 1 saturated heterocycles. The Hall–Kier alpha value is -0.970. The molecule has 0 amide bonds. The number of likely N-dealkylation sites (tertiary alicyclic amines) is 1. The Morgan fingerprint density at radius 1 is 1.30 bits per heavy atom. The van der Waals surface area contributed by atoms with E-state index >= 15 is 0 Å². The third kappa shape index (κ3) is 4.01. The van der Waals surface area contributed by atoms with Gasteiger partial charge in [-0.2, -0.15) is 0 Å². The summed E-state index contributed by atoms with van der Waals surface area (Å²) in [6, 6.07) is 10.4. The molecule has 1 heterocycles. The van der Waals surface area contributed by atoms with Crippen LogP contribution in [0, 0.1) is 0 Å². The van der Waals surface area contributed by atoms with Gasteiger partial charge in [-0.25, -0.2) is 0 Å². The van der Waals surface area contributed by atoms with E-state index in [0.29, 0.717) is 4.99 Å². The van der Waals surface area contributed by atoms with Gasteiger partial charge in [0.05, 0.1) is 11.6 Å². The van der Waals surface area contributed by atoms with E-state index in [-0.39, 0.29) is 18.6 Å². The Labute approximate surface area is 126 Å². The number of thiocarbonyl (C=S) groups is 1. The fourth-order valence-corrected chi connectivity index (χ4v) is 3.17. The van der Waals surface area contributed by atoms with Crippen molar-refractivity contribution in [2.24, 2.45) is 5.73 Å². The predicted octanol–water partition coefficient (Wildman–Crippen LogP) is 2.29. The number of benzene rings is 1. The summed E-state index contributed by atoms with van der Waals surface area (Å²) in [6.45, 7) is 2.06. The summed E-state index contributed by atoms with van der Waals surface area (Å²) in [7, 11) is 0. The summed E-state index contributed by atoms with van der Waals surface area (Å²) in [5, 5.41) is 9.60. The highest BCUT2D eigenvalue weighted by molar-refractivity contribution is 7.80. The van der Waals surface area contributed by atoms with Crippen LogP contribution < -0.4 is 5.73 Å². The topological polar surface area (TPSA) is 49.5 Å². The van der Waals surface area contributed by atoms with Crippen LogP contribution in [0.25, 0.3) is 0 Å². The highest BCUT2D eigenvalue weighted by atomic mass is 32.1. The smallest absolute Gasteiger partial charge is 0.0816 e. The molecule has 110 valence electrons. The zero-order valence-corrected chi connectivity index (χ0v) is 12.7. The van der Waals surface area contributed by atoms with E-state index in [0.717, 1.165) is 19.5 Å².